The van der Waals surface area contributed by atoms with Gasteiger partial charge in [0.15, 0.2) is 0 Å². The molecule has 1 aliphatic carbocycles. The molecule has 232 valence electrons. The first-order chi connectivity index (χ1) is 20.2. The summed E-state index contributed by atoms with van der Waals surface area (Å²) >= 11 is 1.02. The number of thiophene rings is 1. The highest BCUT2D eigenvalue weighted by molar-refractivity contribution is 7.52. The van der Waals surface area contributed by atoms with Gasteiger partial charge in [0, 0.05) is 42.4 Å². The van der Waals surface area contributed by atoms with Gasteiger partial charge in [0.05, 0.1) is 4.88 Å². The third-order valence-corrected chi connectivity index (χ3v) is 11.4. The van der Waals surface area contributed by atoms with Gasteiger partial charge in [-0.15, -0.1) is 11.3 Å². The zero-order valence-corrected chi connectivity index (χ0v) is 25.1. The van der Waals surface area contributed by atoms with E-state index in [9.17, 15) is 32.5 Å². The highest BCUT2D eigenvalue weighted by Gasteiger charge is 2.52. The molecule has 0 radical (unpaired) electrons. The highest BCUT2D eigenvalue weighted by Crippen LogP contribution is 2.59. The van der Waals surface area contributed by atoms with Crippen LogP contribution in [0.5, 0.6) is 0 Å². The van der Waals surface area contributed by atoms with Crippen LogP contribution in [-0.2, 0) is 24.6 Å². The van der Waals surface area contributed by atoms with E-state index in [0.29, 0.717) is 55.3 Å². The molecule has 0 bridgehead atoms. The number of halogens is 2. The van der Waals surface area contributed by atoms with Crippen LogP contribution in [0.2, 0.25) is 0 Å². The largest absolute Gasteiger partial charge is 0.399 e. The van der Waals surface area contributed by atoms with Gasteiger partial charge in [0.1, 0.15) is 12.1 Å². The fourth-order valence-electron chi connectivity index (χ4n) is 6.85. The Morgan fingerprint density at radius 3 is 2.49 bits per heavy atom. The van der Waals surface area contributed by atoms with Crippen molar-refractivity contribution in [1.29, 1.82) is 0 Å². The van der Waals surface area contributed by atoms with Gasteiger partial charge < -0.3 is 30.2 Å². The van der Waals surface area contributed by atoms with Crippen molar-refractivity contribution in [2.45, 2.75) is 75.3 Å². The van der Waals surface area contributed by atoms with E-state index >= 15 is 0 Å². The first-order valence-corrected chi connectivity index (χ1v) is 16.8. The number of benzene rings is 1. The minimum Gasteiger partial charge on any atom is -0.350 e. The predicted octanol–water partition coefficient (Wildman–Crippen LogP) is 2.75. The number of hydrogen-bond donors (Lipinski definition) is 4. The molecule has 1 aromatic carbocycles. The molecule has 6 rings (SSSR count). The molecule has 4 heterocycles. The molecular weight excluding hydrogens is 605 g/mol. The molecule has 4 fully saturated rings. The van der Waals surface area contributed by atoms with Crippen molar-refractivity contribution < 1.29 is 42.3 Å². The third kappa shape index (κ3) is 5.70. The number of hydrogen-bond acceptors (Lipinski definition) is 6. The topological polar surface area (TPSA) is 156 Å². The summed E-state index contributed by atoms with van der Waals surface area (Å²) in [6.07, 6.45) is 4.05. The molecule has 6 atom stereocenters. The van der Waals surface area contributed by atoms with E-state index in [1.54, 1.807) is 9.80 Å². The van der Waals surface area contributed by atoms with E-state index in [1.165, 1.54) is 19.1 Å². The summed E-state index contributed by atoms with van der Waals surface area (Å²) in [7, 11) is -5.75. The van der Waals surface area contributed by atoms with E-state index in [2.05, 4.69) is 10.6 Å². The average molecular weight is 639 g/mol. The molecule has 4 aliphatic rings. The van der Waals surface area contributed by atoms with Crippen LogP contribution in [0.4, 0.5) is 8.78 Å². The second-order valence-corrected chi connectivity index (χ2v) is 14.9. The number of carbonyl (C=O) groups excluding carboxylic acids is 4. The number of nitrogens with one attached hydrogen (secondary N) is 2. The molecule has 15 heteroatoms. The third-order valence-electron chi connectivity index (χ3n) is 9.28. The molecule has 4 N–H and O–H groups in total. The average Bonchev–Trinajstić information content (AvgIpc) is 3.32. The van der Waals surface area contributed by atoms with Crippen LogP contribution < -0.4 is 10.6 Å². The summed E-state index contributed by atoms with van der Waals surface area (Å²) in [5.74, 6) is -0.473. The van der Waals surface area contributed by atoms with E-state index in [4.69, 9.17) is 9.79 Å². The first-order valence-electron chi connectivity index (χ1n) is 14.4. The number of carbonyl (C=O) groups is 4. The summed E-state index contributed by atoms with van der Waals surface area (Å²) in [5, 5.41) is 6.08. The smallest absolute Gasteiger partial charge is 0.350 e. The van der Waals surface area contributed by atoms with Gasteiger partial charge >= 0.3 is 13.3 Å². The van der Waals surface area contributed by atoms with Gasteiger partial charge in [-0.2, -0.15) is 8.78 Å². The fraction of sp³-hybridized carbons (Fsp3) is 0.571. The zero-order valence-electron chi connectivity index (χ0n) is 23.4. The van der Waals surface area contributed by atoms with Crippen LogP contribution in [0.15, 0.2) is 24.3 Å². The van der Waals surface area contributed by atoms with Crippen molar-refractivity contribution in [3.8, 4) is 0 Å². The minimum absolute atomic E-state index is 0.0488. The van der Waals surface area contributed by atoms with Crippen LogP contribution in [-0.4, -0.2) is 80.5 Å². The lowest BCUT2D eigenvalue weighted by molar-refractivity contribution is -0.143. The Hall–Kier alpha value is -2.93. The van der Waals surface area contributed by atoms with Gasteiger partial charge in [-0.3, -0.25) is 23.7 Å². The summed E-state index contributed by atoms with van der Waals surface area (Å²) in [4.78, 5) is 74.1. The minimum atomic E-state index is -5.75. The number of fused-ring (bicyclic) bond motifs is 3. The Bertz CT molecular complexity index is 1550. The summed E-state index contributed by atoms with van der Waals surface area (Å²) in [6, 6.07) is 2.71. The van der Waals surface area contributed by atoms with Crippen molar-refractivity contribution >= 4 is 52.6 Å². The van der Waals surface area contributed by atoms with Crippen molar-refractivity contribution in [2.75, 3.05) is 13.1 Å². The molecule has 11 nitrogen and oxygen atoms in total. The molecule has 43 heavy (non-hydrogen) atoms. The van der Waals surface area contributed by atoms with E-state index in [0.717, 1.165) is 36.3 Å². The summed E-state index contributed by atoms with van der Waals surface area (Å²) < 4.78 is 40.3. The quantitative estimate of drug-likeness (QED) is 0.355. The van der Waals surface area contributed by atoms with Crippen molar-refractivity contribution in [2.24, 2.45) is 11.8 Å². The second-order valence-electron chi connectivity index (χ2n) is 12.2. The number of alkyl halides is 2. The van der Waals surface area contributed by atoms with Gasteiger partial charge in [-0.25, -0.2) is 0 Å². The van der Waals surface area contributed by atoms with E-state index < -0.39 is 36.8 Å². The van der Waals surface area contributed by atoms with Gasteiger partial charge in [0.2, 0.25) is 17.7 Å². The standard InChI is InChI=1S/C28H33F2N4O7PS/c1-14(35)33-7-6-19(13-33)31-25(36)22-4-3-20-10-15-8-16(15)11-21(27(38)34(20)22)32-26(37)24-12-17-9-18(2-5-23(17)43-24)28(29,30)42(39,40)41/h2,5,9,12,15-16,19-22H,3-4,6-8,10-11,13H2,1H3,(H,31,36)(H,32,37)(H2,39,40,41)/t15-,16+,19+,20-,21+,22+/m1/s1. The lowest BCUT2D eigenvalue weighted by Gasteiger charge is -2.35. The molecule has 0 unspecified atom stereocenters. The molecular formula is C28H33F2N4O7PS. The Kier molecular flexibility index (Phi) is 7.63. The number of rotatable bonds is 6. The van der Waals surface area contributed by atoms with Crippen LogP contribution in [0.1, 0.15) is 60.7 Å². The van der Waals surface area contributed by atoms with Crippen LogP contribution in [0, 0.1) is 11.8 Å². The zero-order chi connectivity index (χ0) is 30.8. The van der Waals surface area contributed by atoms with Crippen molar-refractivity contribution in [1.82, 2.24) is 20.4 Å². The van der Waals surface area contributed by atoms with Crippen molar-refractivity contribution in [3.05, 3.63) is 34.7 Å². The maximum Gasteiger partial charge on any atom is 0.399 e. The Morgan fingerprint density at radius 1 is 1.05 bits per heavy atom. The fourth-order valence-corrected chi connectivity index (χ4v) is 8.27. The van der Waals surface area contributed by atoms with Gasteiger partial charge in [-0.05, 0) is 73.9 Å². The molecule has 3 aliphatic heterocycles. The molecule has 4 amide bonds. The lowest BCUT2D eigenvalue weighted by Crippen LogP contribution is -2.57. The Balaban J connectivity index is 1.18. The highest BCUT2D eigenvalue weighted by atomic mass is 32.1. The Labute approximate surface area is 250 Å². The summed E-state index contributed by atoms with van der Waals surface area (Å²) in [6.45, 7) is 2.49. The Morgan fingerprint density at radius 2 is 1.79 bits per heavy atom. The predicted molar refractivity (Wildman–Crippen MR) is 152 cm³/mol. The molecule has 1 saturated carbocycles. The van der Waals surface area contributed by atoms with Crippen LogP contribution in [0.3, 0.4) is 0 Å². The first kappa shape index (κ1) is 30.1. The van der Waals surface area contributed by atoms with E-state index in [1.807, 2.05) is 0 Å². The lowest BCUT2D eigenvalue weighted by atomic mass is 9.99. The number of amides is 4. The summed E-state index contributed by atoms with van der Waals surface area (Å²) in [5.41, 5.74) is -5.24. The van der Waals surface area contributed by atoms with Crippen molar-refractivity contribution in [3.63, 3.8) is 0 Å². The maximum absolute atomic E-state index is 14.3. The van der Waals surface area contributed by atoms with Gasteiger partial charge in [-0.1, -0.05) is 6.07 Å². The maximum atomic E-state index is 14.3. The molecule has 1 aromatic heterocycles. The van der Waals surface area contributed by atoms with Gasteiger partial charge in [0.25, 0.3) is 5.91 Å². The SMILES string of the molecule is CC(=O)N1CC[C@H](NC(=O)[C@@H]2CC[C@@H]3C[C@H]4C[C@H]4C[C@H](NC(=O)c4cc5cc(C(F)(F)P(=O)(O)O)ccc5s4)C(=O)N32)C1. The van der Waals surface area contributed by atoms with E-state index in [-0.39, 0.29) is 40.1 Å². The second kappa shape index (κ2) is 10.9. The number of nitrogens with zero attached hydrogens (tertiary/aromatic N) is 2. The normalized spacial score (nSPS) is 29.1. The molecule has 2 aromatic rings. The molecule has 3 saturated heterocycles. The monoisotopic (exact) mass is 638 g/mol. The van der Waals surface area contributed by atoms with Crippen LogP contribution in [0.25, 0.3) is 10.1 Å². The molecule has 0 spiro atoms. The number of likely N-dealkylation sites (tertiary alicyclic amines) is 1. The van der Waals surface area contributed by atoms with Crippen LogP contribution >= 0.6 is 18.9 Å².